The van der Waals surface area contributed by atoms with Gasteiger partial charge in [0.15, 0.2) is 5.76 Å². The van der Waals surface area contributed by atoms with Crippen LogP contribution in [0.2, 0.25) is 0 Å². The molecule has 3 aromatic rings. The number of hydrogen-bond acceptors (Lipinski definition) is 2. The second-order valence-electron chi connectivity index (χ2n) is 6.88. The molecule has 1 N–H and O–H groups in total. The lowest BCUT2D eigenvalue weighted by Crippen LogP contribution is -3.13. The molecular formula is C22H22FN2O2+. The molecule has 1 amide bonds. The summed E-state index contributed by atoms with van der Waals surface area (Å²) in [4.78, 5) is 16.1. The number of hydrogen-bond donors (Lipinski definition) is 1. The third kappa shape index (κ3) is 4.09. The van der Waals surface area contributed by atoms with Crippen LogP contribution in [0, 0.1) is 5.82 Å². The highest BCUT2D eigenvalue weighted by Crippen LogP contribution is 2.23. The Kier molecular flexibility index (Phi) is 5.03. The smallest absolute Gasteiger partial charge is 0.289 e. The summed E-state index contributed by atoms with van der Waals surface area (Å²) in [5, 5.41) is 0. The molecule has 1 saturated heterocycles. The van der Waals surface area contributed by atoms with Gasteiger partial charge in [0.25, 0.3) is 5.91 Å². The van der Waals surface area contributed by atoms with Gasteiger partial charge in [-0.25, -0.2) is 4.39 Å². The van der Waals surface area contributed by atoms with E-state index >= 15 is 0 Å². The zero-order valence-electron chi connectivity index (χ0n) is 15.0. The average Bonchev–Trinajstić information content (AvgIpc) is 3.20. The van der Waals surface area contributed by atoms with E-state index in [9.17, 15) is 9.18 Å². The quantitative estimate of drug-likeness (QED) is 0.772. The van der Waals surface area contributed by atoms with Crippen molar-refractivity contribution in [1.82, 2.24) is 4.90 Å². The summed E-state index contributed by atoms with van der Waals surface area (Å²) in [6.07, 6.45) is 0. The van der Waals surface area contributed by atoms with Gasteiger partial charge in [0, 0.05) is 11.1 Å². The molecule has 2 heterocycles. The van der Waals surface area contributed by atoms with E-state index in [1.807, 2.05) is 11.0 Å². The molecule has 0 unspecified atom stereocenters. The fraction of sp³-hybridized carbons (Fsp3) is 0.227. The lowest BCUT2D eigenvalue weighted by atomic mass is 10.2. The van der Waals surface area contributed by atoms with Gasteiger partial charge in [-0.05, 0) is 36.4 Å². The molecule has 4 rings (SSSR count). The maximum Gasteiger partial charge on any atom is 0.289 e. The average molecular weight is 365 g/mol. The van der Waals surface area contributed by atoms with Gasteiger partial charge < -0.3 is 14.2 Å². The van der Waals surface area contributed by atoms with Gasteiger partial charge in [-0.3, -0.25) is 4.79 Å². The van der Waals surface area contributed by atoms with Crippen LogP contribution >= 0.6 is 0 Å². The van der Waals surface area contributed by atoms with Crippen LogP contribution in [0.15, 0.2) is 71.1 Å². The number of quaternary nitrogens is 1. The van der Waals surface area contributed by atoms with Gasteiger partial charge in [0.2, 0.25) is 0 Å². The second kappa shape index (κ2) is 7.76. The van der Waals surface area contributed by atoms with E-state index in [2.05, 4.69) is 24.3 Å². The first-order chi connectivity index (χ1) is 13.2. The molecule has 0 atom stereocenters. The highest BCUT2D eigenvalue weighted by Gasteiger charge is 2.26. The van der Waals surface area contributed by atoms with Crippen molar-refractivity contribution in [2.75, 3.05) is 26.2 Å². The molecule has 1 aromatic heterocycles. The molecule has 138 valence electrons. The summed E-state index contributed by atoms with van der Waals surface area (Å²) in [5.74, 6) is 0.534. The van der Waals surface area contributed by atoms with Crippen molar-refractivity contribution >= 4 is 5.91 Å². The molecule has 27 heavy (non-hydrogen) atoms. The minimum absolute atomic E-state index is 0.0814. The molecular weight excluding hydrogens is 343 g/mol. The fourth-order valence-electron chi connectivity index (χ4n) is 3.47. The molecule has 1 fully saturated rings. The largest absolute Gasteiger partial charge is 0.451 e. The van der Waals surface area contributed by atoms with Crippen molar-refractivity contribution in [3.8, 4) is 11.3 Å². The third-order valence-corrected chi connectivity index (χ3v) is 5.00. The predicted molar refractivity (Wildman–Crippen MR) is 101 cm³/mol. The Morgan fingerprint density at radius 3 is 2.37 bits per heavy atom. The van der Waals surface area contributed by atoms with Gasteiger partial charge in [0.1, 0.15) is 18.1 Å². The van der Waals surface area contributed by atoms with Crippen LogP contribution in [0.5, 0.6) is 0 Å². The van der Waals surface area contributed by atoms with Gasteiger partial charge >= 0.3 is 0 Å². The lowest BCUT2D eigenvalue weighted by Gasteiger charge is -2.31. The number of nitrogens with one attached hydrogen (secondary N) is 1. The van der Waals surface area contributed by atoms with E-state index in [0.717, 1.165) is 25.2 Å². The van der Waals surface area contributed by atoms with Crippen LogP contribution in [-0.2, 0) is 6.54 Å². The zero-order valence-corrected chi connectivity index (χ0v) is 15.0. The lowest BCUT2D eigenvalue weighted by molar-refractivity contribution is -0.917. The van der Waals surface area contributed by atoms with E-state index < -0.39 is 0 Å². The first kappa shape index (κ1) is 17.5. The standard InChI is InChI=1S/C22H21FN2O2/c23-19-8-6-18(7-9-19)20-10-11-21(27-20)22(26)25-14-12-24(13-15-25)16-17-4-2-1-3-5-17/h1-11H,12-16H2/p+1. The molecule has 4 nitrogen and oxygen atoms in total. The molecule has 0 aliphatic carbocycles. The van der Waals surface area contributed by atoms with Gasteiger partial charge in [0.05, 0.1) is 26.2 Å². The maximum atomic E-state index is 13.1. The zero-order chi connectivity index (χ0) is 18.6. The maximum absolute atomic E-state index is 13.1. The highest BCUT2D eigenvalue weighted by atomic mass is 19.1. The Labute approximate surface area is 157 Å². The number of piperazine rings is 1. The van der Waals surface area contributed by atoms with Gasteiger partial charge in [-0.2, -0.15) is 0 Å². The van der Waals surface area contributed by atoms with Gasteiger partial charge in [-0.1, -0.05) is 30.3 Å². The minimum Gasteiger partial charge on any atom is -0.451 e. The molecule has 0 spiro atoms. The number of carbonyl (C=O) groups is 1. The Morgan fingerprint density at radius 1 is 0.963 bits per heavy atom. The van der Waals surface area contributed by atoms with E-state index in [1.54, 1.807) is 24.3 Å². The number of benzene rings is 2. The molecule has 5 heteroatoms. The van der Waals surface area contributed by atoms with Crippen LogP contribution in [0.3, 0.4) is 0 Å². The van der Waals surface area contributed by atoms with Crippen LogP contribution < -0.4 is 4.90 Å². The van der Waals surface area contributed by atoms with Crippen molar-refractivity contribution in [1.29, 1.82) is 0 Å². The molecule has 0 radical (unpaired) electrons. The summed E-state index contributed by atoms with van der Waals surface area (Å²) in [6, 6.07) is 20.0. The normalized spacial score (nSPS) is 15.1. The fourth-order valence-corrected chi connectivity index (χ4v) is 3.47. The van der Waals surface area contributed by atoms with Crippen molar-refractivity contribution in [2.45, 2.75) is 6.54 Å². The molecule has 1 aliphatic rings. The monoisotopic (exact) mass is 365 g/mol. The Morgan fingerprint density at radius 2 is 1.67 bits per heavy atom. The summed E-state index contributed by atoms with van der Waals surface area (Å²) in [7, 11) is 0. The predicted octanol–water partition coefficient (Wildman–Crippen LogP) is 2.63. The highest BCUT2D eigenvalue weighted by molar-refractivity contribution is 5.92. The Hall–Kier alpha value is -2.92. The van der Waals surface area contributed by atoms with Crippen LogP contribution in [0.1, 0.15) is 16.1 Å². The number of nitrogens with zero attached hydrogens (tertiary/aromatic N) is 1. The van der Waals surface area contributed by atoms with Crippen LogP contribution in [0.4, 0.5) is 4.39 Å². The minimum atomic E-state index is -0.294. The van der Waals surface area contributed by atoms with Gasteiger partial charge in [-0.15, -0.1) is 0 Å². The van der Waals surface area contributed by atoms with E-state index in [1.165, 1.54) is 22.6 Å². The van der Waals surface area contributed by atoms with Crippen LogP contribution in [-0.4, -0.2) is 37.0 Å². The van der Waals surface area contributed by atoms with E-state index in [0.29, 0.717) is 24.6 Å². The van der Waals surface area contributed by atoms with Crippen molar-refractivity contribution in [3.05, 3.63) is 83.9 Å². The topological polar surface area (TPSA) is 37.9 Å². The summed E-state index contributed by atoms with van der Waals surface area (Å²) >= 11 is 0. The SMILES string of the molecule is O=C(c1ccc(-c2ccc(F)cc2)o1)N1CC[NH+](Cc2ccccc2)CC1. The summed E-state index contributed by atoms with van der Waals surface area (Å²) in [5.41, 5.74) is 2.08. The molecule has 2 aromatic carbocycles. The number of furan rings is 1. The number of amides is 1. The summed E-state index contributed by atoms with van der Waals surface area (Å²) in [6.45, 7) is 4.26. The second-order valence-corrected chi connectivity index (χ2v) is 6.88. The first-order valence-electron chi connectivity index (χ1n) is 9.21. The van der Waals surface area contributed by atoms with Crippen molar-refractivity contribution < 1.29 is 18.5 Å². The number of halogens is 1. The Bertz CT molecular complexity index is 898. The Balaban J connectivity index is 1.36. The van der Waals surface area contributed by atoms with Crippen LogP contribution in [0.25, 0.3) is 11.3 Å². The number of rotatable bonds is 4. The van der Waals surface area contributed by atoms with E-state index in [4.69, 9.17) is 4.42 Å². The van der Waals surface area contributed by atoms with E-state index in [-0.39, 0.29) is 11.7 Å². The molecule has 1 aliphatic heterocycles. The molecule has 0 saturated carbocycles. The van der Waals surface area contributed by atoms with Crippen molar-refractivity contribution in [3.63, 3.8) is 0 Å². The summed E-state index contributed by atoms with van der Waals surface area (Å²) < 4.78 is 18.8. The number of carbonyl (C=O) groups excluding carboxylic acids is 1. The molecule has 0 bridgehead atoms. The van der Waals surface area contributed by atoms with Crippen molar-refractivity contribution in [2.24, 2.45) is 0 Å². The third-order valence-electron chi connectivity index (χ3n) is 5.00. The first-order valence-corrected chi connectivity index (χ1v) is 9.21.